The van der Waals surface area contributed by atoms with Gasteiger partial charge < -0.3 is 15.2 Å². The van der Waals surface area contributed by atoms with E-state index in [1.165, 1.54) is 16.0 Å². The van der Waals surface area contributed by atoms with Gasteiger partial charge in [0.2, 0.25) is 0 Å². The van der Waals surface area contributed by atoms with Gasteiger partial charge in [0.1, 0.15) is 12.4 Å². The lowest BCUT2D eigenvalue weighted by Crippen LogP contribution is -2.39. The summed E-state index contributed by atoms with van der Waals surface area (Å²) in [6, 6.07) is 13.2. The number of guanidine groups is 1. The molecule has 0 amide bonds. The summed E-state index contributed by atoms with van der Waals surface area (Å²) in [5.41, 5.74) is 2.87. The molecule has 8 heteroatoms. The predicted octanol–water partition coefficient (Wildman–Crippen LogP) is 4.62. The van der Waals surface area contributed by atoms with E-state index in [1.54, 1.807) is 11.3 Å². The molecule has 2 heterocycles. The van der Waals surface area contributed by atoms with Gasteiger partial charge in [0.15, 0.2) is 11.8 Å². The normalized spacial score (nSPS) is 11.8. The number of aromatic nitrogens is 3. The zero-order chi connectivity index (χ0) is 22.3. The Hall–Kier alpha value is -1.94. The third-order valence-corrected chi connectivity index (χ3v) is 6.27. The van der Waals surface area contributed by atoms with Crippen LogP contribution < -0.4 is 10.6 Å². The van der Waals surface area contributed by atoms with Gasteiger partial charge in [-0.05, 0) is 47.8 Å². The first kappa shape index (κ1) is 26.3. The molecule has 0 aliphatic carbocycles. The summed E-state index contributed by atoms with van der Waals surface area (Å²) in [6.45, 7) is 10.8. The Kier molecular flexibility index (Phi) is 10.1. The second-order valence-corrected chi connectivity index (χ2v) is 9.80. The first-order valence-corrected chi connectivity index (χ1v) is 11.7. The zero-order valence-corrected chi connectivity index (χ0v) is 22.8. The average molecular weight is 567 g/mol. The molecule has 2 aromatic heterocycles. The highest BCUT2D eigenvalue weighted by Crippen LogP contribution is 2.22. The van der Waals surface area contributed by atoms with Crippen molar-refractivity contribution in [2.24, 2.45) is 12.0 Å². The summed E-state index contributed by atoms with van der Waals surface area (Å²) in [4.78, 5) is 6.11. The molecule has 3 rings (SSSR count). The summed E-state index contributed by atoms with van der Waals surface area (Å²) in [5, 5.41) is 17.4. The van der Waals surface area contributed by atoms with Crippen molar-refractivity contribution >= 4 is 41.3 Å². The monoisotopic (exact) mass is 566 g/mol. The van der Waals surface area contributed by atoms with E-state index in [1.807, 2.05) is 18.5 Å². The van der Waals surface area contributed by atoms with Crippen LogP contribution in [0.15, 0.2) is 46.8 Å². The van der Waals surface area contributed by atoms with E-state index in [-0.39, 0.29) is 29.4 Å². The molecule has 0 aliphatic heterocycles. The van der Waals surface area contributed by atoms with Crippen molar-refractivity contribution in [2.75, 3.05) is 13.1 Å². The molecule has 0 saturated carbocycles. The van der Waals surface area contributed by atoms with E-state index in [9.17, 15) is 0 Å². The molecule has 0 saturated heterocycles. The maximum atomic E-state index is 4.74. The van der Waals surface area contributed by atoms with Crippen molar-refractivity contribution in [3.05, 3.63) is 69.4 Å². The molecular weight excluding hydrogens is 531 g/mol. The van der Waals surface area contributed by atoms with E-state index in [0.717, 1.165) is 43.5 Å². The average Bonchev–Trinajstić information content (AvgIpc) is 3.36. The van der Waals surface area contributed by atoms with Crippen molar-refractivity contribution in [3.8, 4) is 0 Å². The molecular formula is C24H35IN6S. The molecule has 3 aromatic rings. The Balaban J connectivity index is 0.00000363. The molecule has 0 fully saturated rings. The number of hydrogen-bond donors (Lipinski definition) is 2. The minimum atomic E-state index is 0. The van der Waals surface area contributed by atoms with Crippen molar-refractivity contribution in [2.45, 2.75) is 52.5 Å². The van der Waals surface area contributed by atoms with Crippen molar-refractivity contribution in [1.29, 1.82) is 0 Å². The maximum absolute atomic E-state index is 4.74. The Bertz CT molecular complexity index is 971. The van der Waals surface area contributed by atoms with Gasteiger partial charge in [-0.1, -0.05) is 51.1 Å². The van der Waals surface area contributed by atoms with Crippen LogP contribution in [0.4, 0.5) is 0 Å². The van der Waals surface area contributed by atoms with Crippen molar-refractivity contribution in [3.63, 3.8) is 0 Å². The highest BCUT2D eigenvalue weighted by Gasteiger charge is 2.12. The van der Waals surface area contributed by atoms with Crippen LogP contribution in [-0.2, 0) is 31.8 Å². The molecule has 0 bridgehead atoms. The number of halogens is 1. The van der Waals surface area contributed by atoms with E-state index in [0.29, 0.717) is 6.54 Å². The predicted molar refractivity (Wildman–Crippen MR) is 145 cm³/mol. The fourth-order valence-corrected chi connectivity index (χ4v) is 3.88. The largest absolute Gasteiger partial charge is 0.356 e. The molecule has 0 radical (unpaired) electrons. The SMILES string of the molecule is Cc1nnc(CN=C(NCCc2ccc(C(C)(C)C)cc2)NCCc2cccs2)n1C.I. The van der Waals surface area contributed by atoms with Crippen LogP contribution in [0.25, 0.3) is 0 Å². The molecule has 6 nitrogen and oxygen atoms in total. The molecule has 0 atom stereocenters. The Morgan fingerprint density at radius 2 is 1.72 bits per heavy atom. The molecule has 0 aliphatic rings. The number of aliphatic imine (C=N–C) groups is 1. The van der Waals surface area contributed by atoms with Crippen molar-refractivity contribution in [1.82, 2.24) is 25.4 Å². The lowest BCUT2D eigenvalue weighted by Gasteiger charge is -2.19. The summed E-state index contributed by atoms with van der Waals surface area (Å²) in [5.74, 6) is 2.56. The fourth-order valence-electron chi connectivity index (χ4n) is 3.17. The first-order chi connectivity index (χ1) is 14.8. The minimum absolute atomic E-state index is 0. The summed E-state index contributed by atoms with van der Waals surface area (Å²) in [6.07, 6.45) is 1.93. The van der Waals surface area contributed by atoms with Gasteiger partial charge in [-0.3, -0.25) is 0 Å². The number of nitrogens with zero attached hydrogens (tertiary/aromatic N) is 4. The van der Waals surface area contributed by atoms with Crippen LogP contribution in [0.2, 0.25) is 0 Å². The smallest absolute Gasteiger partial charge is 0.191 e. The zero-order valence-electron chi connectivity index (χ0n) is 19.7. The lowest BCUT2D eigenvalue weighted by atomic mass is 9.86. The van der Waals surface area contributed by atoms with Crippen LogP contribution in [-0.4, -0.2) is 33.8 Å². The van der Waals surface area contributed by atoms with Gasteiger partial charge in [0, 0.05) is 25.0 Å². The number of thiophene rings is 1. The number of nitrogens with one attached hydrogen (secondary N) is 2. The summed E-state index contributed by atoms with van der Waals surface area (Å²) in [7, 11) is 1.97. The second-order valence-electron chi connectivity index (χ2n) is 8.77. The topological polar surface area (TPSA) is 67.1 Å². The minimum Gasteiger partial charge on any atom is -0.356 e. The molecule has 0 unspecified atom stereocenters. The number of hydrogen-bond acceptors (Lipinski definition) is 4. The highest BCUT2D eigenvalue weighted by molar-refractivity contribution is 14.0. The molecule has 0 spiro atoms. The third-order valence-electron chi connectivity index (χ3n) is 5.33. The quantitative estimate of drug-likeness (QED) is 0.237. The van der Waals surface area contributed by atoms with Gasteiger partial charge in [-0.25, -0.2) is 4.99 Å². The van der Waals surface area contributed by atoms with Gasteiger partial charge in [-0.15, -0.1) is 45.5 Å². The summed E-state index contributed by atoms with van der Waals surface area (Å²) >= 11 is 1.79. The van der Waals surface area contributed by atoms with Crippen LogP contribution in [0.3, 0.4) is 0 Å². The van der Waals surface area contributed by atoms with E-state index in [4.69, 9.17) is 4.99 Å². The number of aryl methyl sites for hydroxylation is 1. The van der Waals surface area contributed by atoms with Crippen LogP contribution in [0.1, 0.15) is 48.4 Å². The van der Waals surface area contributed by atoms with Crippen LogP contribution in [0, 0.1) is 6.92 Å². The number of benzene rings is 1. The molecule has 2 N–H and O–H groups in total. The van der Waals surface area contributed by atoms with Crippen molar-refractivity contribution < 1.29 is 0 Å². The molecule has 32 heavy (non-hydrogen) atoms. The first-order valence-electron chi connectivity index (χ1n) is 10.8. The Labute approximate surface area is 213 Å². The Morgan fingerprint density at radius 3 is 2.28 bits per heavy atom. The van der Waals surface area contributed by atoms with E-state index < -0.39 is 0 Å². The van der Waals surface area contributed by atoms with Crippen LogP contribution in [0.5, 0.6) is 0 Å². The van der Waals surface area contributed by atoms with Crippen LogP contribution >= 0.6 is 35.3 Å². The number of rotatable bonds is 8. The third kappa shape index (κ3) is 7.88. The van der Waals surface area contributed by atoms with Gasteiger partial charge in [-0.2, -0.15) is 0 Å². The standard InChI is InChI=1S/C24H34N6S.HI/c1-18-28-29-22(30(18)5)17-27-23(26-15-13-21-7-6-16-31-21)25-14-12-19-8-10-20(11-9-19)24(2,3)4;/h6-11,16H,12-15,17H2,1-5H3,(H2,25,26,27);1H. The molecule has 1 aromatic carbocycles. The summed E-state index contributed by atoms with van der Waals surface area (Å²) < 4.78 is 1.98. The lowest BCUT2D eigenvalue weighted by molar-refractivity contribution is 0.590. The van der Waals surface area contributed by atoms with E-state index in [2.05, 4.69) is 83.4 Å². The van der Waals surface area contributed by atoms with Gasteiger partial charge >= 0.3 is 0 Å². The molecule has 174 valence electrons. The highest BCUT2D eigenvalue weighted by atomic mass is 127. The van der Waals surface area contributed by atoms with Gasteiger partial charge in [0.25, 0.3) is 0 Å². The second kappa shape index (κ2) is 12.3. The Morgan fingerprint density at radius 1 is 1.03 bits per heavy atom. The van der Waals surface area contributed by atoms with Gasteiger partial charge in [0.05, 0.1) is 0 Å². The maximum Gasteiger partial charge on any atom is 0.191 e. The van der Waals surface area contributed by atoms with E-state index >= 15 is 0 Å². The fraction of sp³-hybridized carbons (Fsp3) is 0.458.